The van der Waals surface area contributed by atoms with Gasteiger partial charge in [0.15, 0.2) is 0 Å². The van der Waals surface area contributed by atoms with E-state index in [0.717, 1.165) is 32.0 Å². The highest BCUT2D eigenvalue weighted by Crippen LogP contribution is 2.31. The molecule has 1 unspecified atom stereocenters. The Hall–Kier alpha value is -3.20. The fraction of sp³-hybridized carbons (Fsp3) is 0.350. The molecule has 1 fully saturated rings. The summed E-state index contributed by atoms with van der Waals surface area (Å²) in [4.78, 5) is 39.5. The molecule has 0 bridgehead atoms. The van der Waals surface area contributed by atoms with Crippen LogP contribution in [0.1, 0.15) is 46.0 Å². The number of nitrogen functional groups attached to an aromatic ring is 1. The van der Waals surface area contributed by atoms with E-state index in [1.807, 2.05) is 4.98 Å². The van der Waals surface area contributed by atoms with E-state index in [9.17, 15) is 29.0 Å². The van der Waals surface area contributed by atoms with Gasteiger partial charge in [-0.3, -0.25) is 9.69 Å². The van der Waals surface area contributed by atoms with Crippen molar-refractivity contribution in [3.05, 3.63) is 51.1 Å². The van der Waals surface area contributed by atoms with Gasteiger partial charge in [-0.25, -0.2) is 14.0 Å². The summed E-state index contributed by atoms with van der Waals surface area (Å²) in [5.41, 5.74) is 3.13. The maximum absolute atomic E-state index is 14.8. The van der Waals surface area contributed by atoms with E-state index in [0.29, 0.717) is 18.0 Å². The third-order valence-corrected chi connectivity index (χ3v) is 5.15. The number of anilines is 1. The number of halogens is 1. The van der Waals surface area contributed by atoms with Crippen molar-refractivity contribution in [3.63, 3.8) is 0 Å². The molecule has 9 heteroatoms. The van der Waals surface area contributed by atoms with Gasteiger partial charge in [0.2, 0.25) is 0 Å². The van der Waals surface area contributed by atoms with Crippen molar-refractivity contribution in [1.29, 1.82) is 0 Å². The molecule has 1 aromatic heterocycles. The van der Waals surface area contributed by atoms with Gasteiger partial charge in [0.1, 0.15) is 22.8 Å². The minimum Gasteiger partial charge on any atom is -0.478 e. The van der Waals surface area contributed by atoms with Crippen LogP contribution in [0.5, 0.6) is 0 Å². The maximum atomic E-state index is 14.8. The normalized spacial score (nSPS) is 17.2. The van der Waals surface area contributed by atoms with Crippen LogP contribution in [0.2, 0.25) is 0 Å². The summed E-state index contributed by atoms with van der Waals surface area (Å²) in [7, 11) is 0. The Kier molecular flexibility index (Phi) is 5.69. The molecule has 154 valence electrons. The number of carboxylic acids is 2. The van der Waals surface area contributed by atoms with Gasteiger partial charge in [-0.15, -0.1) is 0 Å². The summed E-state index contributed by atoms with van der Waals surface area (Å²) < 4.78 is 14.8. The Morgan fingerprint density at radius 2 is 1.97 bits per heavy atom. The van der Waals surface area contributed by atoms with Crippen molar-refractivity contribution < 1.29 is 24.2 Å². The highest BCUT2D eigenvalue weighted by Gasteiger charge is 2.27. The van der Waals surface area contributed by atoms with Gasteiger partial charge in [-0.05, 0) is 36.9 Å². The smallest absolute Gasteiger partial charge is 0.342 e. The van der Waals surface area contributed by atoms with Crippen LogP contribution in [0.15, 0.2) is 23.0 Å². The molecule has 29 heavy (non-hydrogen) atoms. The predicted molar refractivity (Wildman–Crippen MR) is 104 cm³/mol. The first-order valence-corrected chi connectivity index (χ1v) is 9.22. The lowest BCUT2D eigenvalue weighted by Gasteiger charge is -2.30. The second kappa shape index (κ2) is 8.04. The van der Waals surface area contributed by atoms with E-state index in [2.05, 4.69) is 11.8 Å². The molecule has 1 aliphatic rings. The molecule has 0 aliphatic carbocycles. The summed E-state index contributed by atoms with van der Waals surface area (Å²) in [6, 6.07) is 3.95. The number of nitrogens with one attached hydrogen (secondary N) is 1. The van der Waals surface area contributed by atoms with E-state index in [-0.39, 0.29) is 5.56 Å². The zero-order chi connectivity index (χ0) is 21.3. The largest absolute Gasteiger partial charge is 0.478 e. The first-order valence-electron chi connectivity index (χ1n) is 9.22. The number of nitrogens with zero attached hydrogens (tertiary/aromatic N) is 1. The van der Waals surface area contributed by atoms with Crippen molar-refractivity contribution in [2.24, 2.45) is 5.92 Å². The van der Waals surface area contributed by atoms with Crippen LogP contribution in [0.4, 0.5) is 10.2 Å². The standard InChI is InChI=1S/C20H22FN3O5/c1-10-3-2-6-24(8-10)9-12-5-4-11(7-13(12)21)14-15(19(26)27)17(22)23-18(25)16(14)20(28)29/h4-5,7,10H,2-3,6,8-9H2,1H3,(H,26,27)(H,28,29)(H3,22,23,25). The fourth-order valence-corrected chi connectivity index (χ4v) is 3.84. The van der Waals surface area contributed by atoms with Gasteiger partial charge >= 0.3 is 11.9 Å². The van der Waals surface area contributed by atoms with Crippen LogP contribution in [-0.4, -0.2) is 45.1 Å². The molecule has 1 aromatic carbocycles. The number of hydrogen-bond donors (Lipinski definition) is 4. The molecule has 0 spiro atoms. The fourth-order valence-electron chi connectivity index (χ4n) is 3.84. The van der Waals surface area contributed by atoms with Crippen molar-refractivity contribution in [1.82, 2.24) is 9.88 Å². The number of H-pyrrole nitrogens is 1. The van der Waals surface area contributed by atoms with E-state index in [1.54, 1.807) is 0 Å². The van der Waals surface area contributed by atoms with Crippen molar-refractivity contribution in [2.45, 2.75) is 26.3 Å². The number of benzene rings is 1. The molecule has 1 aliphatic heterocycles. The van der Waals surface area contributed by atoms with Crippen LogP contribution in [-0.2, 0) is 6.54 Å². The van der Waals surface area contributed by atoms with Crippen molar-refractivity contribution in [3.8, 4) is 11.1 Å². The van der Waals surface area contributed by atoms with E-state index < -0.39 is 45.8 Å². The van der Waals surface area contributed by atoms with Gasteiger partial charge < -0.3 is 20.9 Å². The number of likely N-dealkylation sites (tertiary alicyclic amines) is 1. The Bertz CT molecular complexity index is 1030. The molecular formula is C20H22FN3O5. The molecule has 0 amide bonds. The molecule has 8 nitrogen and oxygen atoms in total. The van der Waals surface area contributed by atoms with E-state index >= 15 is 0 Å². The first kappa shape index (κ1) is 20.5. The number of carboxylic acid groups (broad SMARTS) is 2. The Morgan fingerprint density at radius 3 is 2.55 bits per heavy atom. The van der Waals surface area contributed by atoms with Crippen LogP contribution >= 0.6 is 0 Å². The number of aromatic amines is 1. The minimum absolute atomic E-state index is 0.0362. The highest BCUT2D eigenvalue weighted by atomic mass is 19.1. The highest BCUT2D eigenvalue weighted by molar-refractivity contribution is 6.07. The van der Waals surface area contributed by atoms with E-state index in [1.165, 1.54) is 12.1 Å². The lowest BCUT2D eigenvalue weighted by molar-refractivity contribution is 0.0695. The summed E-state index contributed by atoms with van der Waals surface area (Å²) in [5, 5.41) is 18.9. The Morgan fingerprint density at radius 1 is 1.28 bits per heavy atom. The predicted octanol–water partition coefficient (Wildman–Crippen LogP) is 2.39. The summed E-state index contributed by atoms with van der Waals surface area (Å²) in [6.45, 7) is 4.26. The number of aromatic carboxylic acids is 2. The van der Waals surface area contributed by atoms with Crippen LogP contribution < -0.4 is 11.3 Å². The minimum atomic E-state index is -1.63. The zero-order valence-electron chi connectivity index (χ0n) is 15.9. The number of carbonyl (C=O) groups is 2. The van der Waals surface area contributed by atoms with Gasteiger partial charge in [0.25, 0.3) is 5.56 Å². The Balaban J connectivity index is 2.07. The molecule has 0 saturated carbocycles. The third-order valence-electron chi connectivity index (χ3n) is 5.15. The number of nitrogens with two attached hydrogens (primary N) is 1. The average Bonchev–Trinajstić information content (AvgIpc) is 2.62. The molecular weight excluding hydrogens is 381 g/mol. The van der Waals surface area contributed by atoms with Crippen LogP contribution in [0.3, 0.4) is 0 Å². The molecule has 1 saturated heterocycles. The second-order valence-corrected chi connectivity index (χ2v) is 7.39. The molecule has 2 aromatic rings. The molecule has 1 atom stereocenters. The number of aromatic nitrogens is 1. The zero-order valence-corrected chi connectivity index (χ0v) is 15.9. The topological polar surface area (TPSA) is 137 Å². The molecule has 5 N–H and O–H groups in total. The SMILES string of the molecule is CC1CCCN(Cc2ccc(-c3c(C(=O)O)c(N)[nH]c(=O)c3C(=O)O)cc2F)C1. The van der Waals surface area contributed by atoms with E-state index in [4.69, 9.17) is 5.73 Å². The molecule has 3 rings (SSSR count). The number of rotatable bonds is 5. The maximum Gasteiger partial charge on any atom is 0.342 e. The number of piperidine rings is 1. The van der Waals surface area contributed by atoms with Gasteiger partial charge in [0.05, 0.1) is 0 Å². The summed E-state index contributed by atoms with van der Waals surface area (Å²) in [5.74, 6) is -3.72. The molecule has 0 radical (unpaired) electrons. The van der Waals surface area contributed by atoms with Gasteiger partial charge in [-0.1, -0.05) is 19.1 Å². The molecule has 2 heterocycles. The Labute approximate surface area is 165 Å². The summed E-state index contributed by atoms with van der Waals surface area (Å²) in [6.07, 6.45) is 2.18. The van der Waals surface area contributed by atoms with Crippen molar-refractivity contribution in [2.75, 3.05) is 18.8 Å². The summed E-state index contributed by atoms with van der Waals surface area (Å²) >= 11 is 0. The first-order chi connectivity index (χ1) is 13.7. The quantitative estimate of drug-likeness (QED) is 0.601. The number of pyridine rings is 1. The number of hydrogen-bond acceptors (Lipinski definition) is 5. The third kappa shape index (κ3) is 4.14. The average molecular weight is 403 g/mol. The van der Waals surface area contributed by atoms with Crippen LogP contribution in [0.25, 0.3) is 11.1 Å². The van der Waals surface area contributed by atoms with Crippen LogP contribution in [0, 0.1) is 11.7 Å². The monoisotopic (exact) mass is 403 g/mol. The van der Waals surface area contributed by atoms with Crippen molar-refractivity contribution >= 4 is 17.8 Å². The lowest BCUT2D eigenvalue weighted by Crippen LogP contribution is -2.33. The van der Waals surface area contributed by atoms with Gasteiger partial charge in [0, 0.05) is 24.2 Å². The lowest BCUT2D eigenvalue weighted by atomic mass is 9.94. The van der Waals surface area contributed by atoms with Gasteiger partial charge in [-0.2, -0.15) is 0 Å². The second-order valence-electron chi connectivity index (χ2n) is 7.39.